The smallest absolute Gasteiger partial charge is 0.140 e. The zero-order valence-electron chi connectivity index (χ0n) is 16.6. The first-order valence-corrected chi connectivity index (χ1v) is 10.9. The Kier molecular flexibility index (Phi) is 3.32. The molecule has 146 valence electrons. The standard InChI is InChI=1S/C29H17ClO/c30-20-14-15-22-23-16-18-8-4-5-11-21(18)28-27(23)29(25(22)17-20,19-9-2-1-3-10-19)24-12-6-7-13-26(24)31-28/h1-17H. The average Bonchev–Trinajstić information content (AvgIpc) is 3.11. The molecule has 0 saturated carbocycles. The molecule has 7 rings (SSSR count). The van der Waals surface area contributed by atoms with Gasteiger partial charge in [0, 0.05) is 21.5 Å². The van der Waals surface area contributed by atoms with Crippen molar-refractivity contribution in [3.63, 3.8) is 0 Å². The van der Waals surface area contributed by atoms with Crippen LogP contribution in [0.4, 0.5) is 0 Å². The van der Waals surface area contributed by atoms with Crippen molar-refractivity contribution in [3.05, 3.63) is 130 Å². The molecular weight excluding hydrogens is 400 g/mol. The lowest BCUT2D eigenvalue weighted by Crippen LogP contribution is -2.32. The first-order valence-electron chi connectivity index (χ1n) is 10.5. The molecule has 1 aliphatic heterocycles. The van der Waals surface area contributed by atoms with Gasteiger partial charge in [-0.15, -0.1) is 0 Å². The van der Waals surface area contributed by atoms with Crippen LogP contribution >= 0.6 is 11.6 Å². The monoisotopic (exact) mass is 416 g/mol. The summed E-state index contributed by atoms with van der Waals surface area (Å²) in [5.74, 6) is 1.84. The highest BCUT2D eigenvalue weighted by Crippen LogP contribution is 2.64. The number of hydrogen-bond donors (Lipinski definition) is 0. The van der Waals surface area contributed by atoms with Gasteiger partial charge < -0.3 is 4.74 Å². The lowest BCUT2D eigenvalue weighted by Gasteiger charge is -2.39. The second kappa shape index (κ2) is 6.00. The van der Waals surface area contributed by atoms with Gasteiger partial charge in [-0.05, 0) is 51.9 Å². The van der Waals surface area contributed by atoms with Gasteiger partial charge in [-0.3, -0.25) is 0 Å². The van der Waals surface area contributed by atoms with Gasteiger partial charge in [0.05, 0.1) is 5.41 Å². The van der Waals surface area contributed by atoms with Gasteiger partial charge in [-0.1, -0.05) is 90.5 Å². The van der Waals surface area contributed by atoms with E-state index in [0.29, 0.717) is 0 Å². The number of benzene rings is 5. The van der Waals surface area contributed by atoms with Crippen molar-refractivity contribution in [2.45, 2.75) is 5.41 Å². The maximum atomic E-state index is 6.66. The Morgan fingerprint density at radius 1 is 0.645 bits per heavy atom. The highest BCUT2D eigenvalue weighted by molar-refractivity contribution is 6.30. The molecular formula is C29H17ClO. The molecule has 1 nitrogen and oxygen atoms in total. The summed E-state index contributed by atoms with van der Waals surface area (Å²) < 4.78 is 6.66. The van der Waals surface area contributed by atoms with Gasteiger partial charge in [0.1, 0.15) is 11.5 Å². The van der Waals surface area contributed by atoms with Crippen LogP contribution in [0.3, 0.4) is 0 Å². The normalized spacial score (nSPS) is 17.6. The van der Waals surface area contributed by atoms with Gasteiger partial charge >= 0.3 is 0 Å². The summed E-state index contributed by atoms with van der Waals surface area (Å²) in [6, 6.07) is 36.2. The van der Waals surface area contributed by atoms with Gasteiger partial charge in [-0.25, -0.2) is 0 Å². The number of halogens is 1. The summed E-state index contributed by atoms with van der Waals surface area (Å²) in [5.41, 5.74) is 6.79. The van der Waals surface area contributed by atoms with Crippen molar-refractivity contribution in [1.82, 2.24) is 0 Å². The molecule has 0 N–H and O–H groups in total. The molecule has 2 heteroatoms. The number of rotatable bonds is 1. The molecule has 1 aliphatic carbocycles. The maximum Gasteiger partial charge on any atom is 0.140 e. The Morgan fingerprint density at radius 3 is 2.32 bits per heavy atom. The van der Waals surface area contributed by atoms with Crippen LogP contribution in [-0.4, -0.2) is 0 Å². The number of fused-ring (bicyclic) bond motifs is 7. The van der Waals surface area contributed by atoms with Gasteiger partial charge in [0.2, 0.25) is 0 Å². The van der Waals surface area contributed by atoms with Crippen LogP contribution in [0.5, 0.6) is 11.5 Å². The molecule has 1 heterocycles. The molecule has 0 aromatic heterocycles. The fraction of sp³-hybridized carbons (Fsp3) is 0.0345. The Balaban J connectivity index is 1.77. The molecule has 0 fully saturated rings. The molecule has 1 atom stereocenters. The molecule has 0 saturated heterocycles. The highest BCUT2D eigenvalue weighted by Gasteiger charge is 2.52. The fourth-order valence-electron chi connectivity index (χ4n) is 5.60. The van der Waals surface area contributed by atoms with E-state index in [0.717, 1.165) is 27.5 Å². The van der Waals surface area contributed by atoms with E-state index in [9.17, 15) is 0 Å². The molecule has 0 bridgehead atoms. The van der Waals surface area contributed by atoms with Crippen molar-refractivity contribution in [2.24, 2.45) is 0 Å². The van der Waals surface area contributed by atoms with E-state index in [2.05, 4.69) is 91.0 Å². The van der Waals surface area contributed by atoms with Crippen molar-refractivity contribution in [1.29, 1.82) is 0 Å². The van der Waals surface area contributed by atoms with Gasteiger partial charge in [-0.2, -0.15) is 0 Å². The van der Waals surface area contributed by atoms with Gasteiger partial charge in [0.15, 0.2) is 0 Å². The van der Waals surface area contributed by atoms with Crippen LogP contribution in [0.1, 0.15) is 22.3 Å². The molecule has 31 heavy (non-hydrogen) atoms. The number of hydrogen-bond acceptors (Lipinski definition) is 1. The van der Waals surface area contributed by atoms with Crippen LogP contribution in [0.25, 0.3) is 21.9 Å². The molecule has 5 aromatic carbocycles. The van der Waals surface area contributed by atoms with Crippen LogP contribution in [-0.2, 0) is 5.41 Å². The third-order valence-corrected chi connectivity index (χ3v) is 7.00. The minimum Gasteiger partial charge on any atom is -0.456 e. The van der Waals surface area contributed by atoms with Gasteiger partial charge in [0.25, 0.3) is 0 Å². The van der Waals surface area contributed by atoms with E-state index < -0.39 is 5.41 Å². The number of ether oxygens (including phenoxy) is 1. The minimum atomic E-state index is -0.467. The second-order valence-electron chi connectivity index (χ2n) is 8.25. The van der Waals surface area contributed by atoms with E-state index in [1.807, 2.05) is 12.1 Å². The van der Waals surface area contributed by atoms with Crippen molar-refractivity contribution in [3.8, 4) is 22.6 Å². The molecule has 2 aliphatic rings. The van der Waals surface area contributed by atoms with Crippen LogP contribution in [0, 0.1) is 0 Å². The topological polar surface area (TPSA) is 9.23 Å². The first-order chi connectivity index (χ1) is 15.3. The lowest BCUT2D eigenvalue weighted by atomic mass is 9.66. The maximum absolute atomic E-state index is 6.66. The quantitative estimate of drug-likeness (QED) is 0.263. The van der Waals surface area contributed by atoms with E-state index in [-0.39, 0.29) is 0 Å². The third kappa shape index (κ3) is 2.07. The molecule has 1 unspecified atom stereocenters. The Bertz CT molecular complexity index is 1520. The highest BCUT2D eigenvalue weighted by atomic mass is 35.5. The Hall–Kier alpha value is -3.55. The molecule has 0 amide bonds. The first kappa shape index (κ1) is 17.2. The summed E-state index contributed by atoms with van der Waals surface area (Å²) in [7, 11) is 0. The molecule has 0 radical (unpaired) electrons. The number of para-hydroxylation sites is 1. The molecule has 5 aromatic rings. The summed E-state index contributed by atoms with van der Waals surface area (Å²) in [4.78, 5) is 0. The van der Waals surface area contributed by atoms with Crippen molar-refractivity contribution >= 4 is 22.4 Å². The van der Waals surface area contributed by atoms with E-state index in [1.54, 1.807) is 0 Å². The molecule has 0 spiro atoms. The SMILES string of the molecule is Clc1ccc2c(c1)C1(c3ccccc3)c3ccccc3Oc3c1c-2cc1ccccc31. The van der Waals surface area contributed by atoms with Crippen molar-refractivity contribution < 1.29 is 4.74 Å². The summed E-state index contributed by atoms with van der Waals surface area (Å²) in [5, 5.41) is 3.06. The minimum absolute atomic E-state index is 0.467. The Labute approximate surface area is 185 Å². The fourth-order valence-corrected chi connectivity index (χ4v) is 5.77. The van der Waals surface area contributed by atoms with E-state index in [4.69, 9.17) is 16.3 Å². The summed E-state index contributed by atoms with van der Waals surface area (Å²) in [6.45, 7) is 0. The summed E-state index contributed by atoms with van der Waals surface area (Å²) in [6.07, 6.45) is 0. The van der Waals surface area contributed by atoms with E-state index in [1.165, 1.54) is 33.2 Å². The van der Waals surface area contributed by atoms with Crippen LogP contribution in [0.2, 0.25) is 5.02 Å². The Morgan fingerprint density at radius 2 is 1.42 bits per heavy atom. The average molecular weight is 417 g/mol. The summed E-state index contributed by atoms with van der Waals surface area (Å²) >= 11 is 6.60. The second-order valence-corrected chi connectivity index (χ2v) is 8.69. The van der Waals surface area contributed by atoms with Crippen LogP contribution in [0.15, 0.2) is 103 Å². The van der Waals surface area contributed by atoms with E-state index >= 15 is 0 Å². The van der Waals surface area contributed by atoms with Crippen molar-refractivity contribution in [2.75, 3.05) is 0 Å². The zero-order valence-corrected chi connectivity index (χ0v) is 17.4. The zero-order chi connectivity index (χ0) is 20.6. The lowest BCUT2D eigenvalue weighted by molar-refractivity contribution is 0.443. The predicted octanol–water partition coefficient (Wildman–Crippen LogP) is 7.96. The van der Waals surface area contributed by atoms with Crippen LogP contribution < -0.4 is 4.74 Å². The predicted molar refractivity (Wildman–Crippen MR) is 126 cm³/mol. The largest absolute Gasteiger partial charge is 0.456 e. The third-order valence-electron chi connectivity index (χ3n) is 6.76.